The molecule has 3 fully saturated rings. The lowest BCUT2D eigenvalue weighted by Crippen LogP contribution is -2.18. The second-order valence-electron chi connectivity index (χ2n) is 14.6. The van der Waals surface area contributed by atoms with E-state index in [4.69, 9.17) is 24.4 Å². The van der Waals surface area contributed by atoms with Crippen LogP contribution in [0.3, 0.4) is 0 Å². The molecule has 3 aliphatic rings. The molecule has 0 bridgehead atoms. The molecular formula is C42H42N8O. The summed E-state index contributed by atoms with van der Waals surface area (Å²) in [6, 6.07) is 21.2. The van der Waals surface area contributed by atoms with E-state index in [0.29, 0.717) is 23.0 Å². The van der Waals surface area contributed by atoms with Crippen molar-refractivity contribution in [2.24, 2.45) is 0 Å². The van der Waals surface area contributed by atoms with Crippen LogP contribution in [0.5, 0.6) is 0 Å². The predicted molar refractivity (Wildman–Crippen MR) is 201 cm³/mol. The summed E-state index contributed by atoms with van der Waals surface area (Å²) < 4.78 is 6.34. The summed E-state index contributed by atoms with van der Waals surface area (Å²) in [6.07, 6.45) is 9.25. The average molecular weight is 675 g/mol. The van der Waals surface area contributed by atoms with Crippen LogP contribution in [0.25, 0.3) is 44.7 Å². The minimum absolute atomic E-state index is 0.419. The van der Waals surface area contributed by atoms with Crippen LogP contribution >= 0.6 is 0 Å². The van der Waals surface area contributed by atoms with Gasteiger partial charge in [0, 0.05) is 36.5 Å². The van der Waals surface area contributed by atoms with Gasteiger partial charge >= 0.3 is 0 Å². The third-order valence-corrected chi connectivity index (χ3v) is 10.9. The number of anilines is 2. The highest BCUT2D eigenvalue weighted by Crippen LogP contribution is 2.41. The average Bonchev–Trinajstić information content (AvgIpc) is 3.44. The van der Waals surface area contributed by atoms with Crippen molar-refractivity contribution in [2.45, 2.75) is 71.4 Å². The van der Waals surface area contributed by atoms with E-state index in [-0.39, 0.29) is 0 Å². The molecule has 1 N–H and O–H groups in total. The Bertz CT molecular complexity index is 2320. The Balaban J connectivity index is 1.04. The van der Waals surface area contributed by atoms with E-state index < -0.39 is 0 Å². The van der Waals surface area contributed by atoms with Crippen molar-refractivity contribution in [3.8, 4) is 28.7 Å². The molecule has 0 amide bonds. The number of oxazole rings is 1. The van der Waals surface area contributed by atoms with Gasteiger partial charge in [-0.3, -0.25) is 14.8 Å². The lowest BCUT2D eigenvalue weighted by atomic mass is 9.93. The summed E-state index contributed by atoms with van der Waals surface area (Å²) >= 11 is 0. The Morgan fingerprint density at radius 1 is 0.784 bits per heavy atom. The molecule has 51 heavy (non-hydrogen) atoms. The number of nitrogens with zero attached hydrogens (tertiary/aromatic N) is 7. The maximum atomic E-state index is 10.0. The number of nitriles is 1. The summed E-state index contributed by atoms with van der Waals surface area (Å²) in [4.78, 5) is 24.8. The zero-order valence-corrected chi connectivity index (χ0v) is 29.4. The van der Waals surface area contributed by atoms with Gasteiger partial charge in [-0.25, -0.2) is 15.0 Å². The molecule has 3 aromatic heterocycles. The molecule has 0 spiro atoms. The van der Waals surface area contributed by atoms with Crippen LogP contribution in [0.4, 0.5) is 11.5 Å². The first-order valence-corrected chi connectivity index (χ1v) is 18.4. The summed E-state index contributed by atoms with van der Waals surface area (Å²) in [5, 5.41) is 13.7. The number of pyridine rings is 1. The van der Waals surface area contributed by atoms with Gasteiger partial charge in [0.1, 0.15) is 22.9 Å². The van der Waals surface area contributed by atoms with Gasteiger partial charge in [0.05, 0.1) is 11.1 Å². The summed E-state index contributed by atoms with van der Waals surface area (Å²) in [7, 11) is 0. The molecule has 1 saturated carbocycles. The summed E-state index contributed by atoms with van der Waals surface area (Å²) in [5.41, 5.74) is 12.1. The maximum Gasteiger partial charge on any atom is 0.227 e. The van der Waals surface area contributed by atoms with Crippen molar-refractivity contribution in [3.05, 3.63) is 94.4 Å². The Morgan fingerprint density at radius 2 is 1.45 bits per heavy atom. The highest BCUT2D eigenvalue weighted by molar-refractivity contribution is 5.90. The van der Waals surface area contributed by atoms with Crippen molar-refractivity contribution in [3.63, 3.8) is 0 Å². The Kier molecular flexibility index (Phi) is 8.22. The third kappa shape index (κ3) is 6.24. The highest BCUT2D eigenvalue weighted by Gasteiger charge is 2.28. The number of likely N-dealkylation sites (tertiary alicyclic amines) is 2. The summed E-state index contributed by atoms with van der Waals surface area (Å²) in [5.74, 6) is 2.61. The Labute approximate surface area is 298 Å². The third-order valence-electron chi connectivity index (χ3n) is 10.9. The van der Waals surface area contributed by atoms with Gasteiger partial charge < -0.3 is 9.73 Å². The number of benzene rings is 3. The second-order valence-corrected chi connectivity index (χ2v) is 14.6. The van der Waals surface area contributed by atoms with E-state index in [9.17, 15) is 5.26 Å². The molecule has 9 nitrogen and oxygen atoms in total. The minimum Gasteiger partial charge on any atom is -0.435 e. The summed E-state index contributed by atoms with van der Waals surface area (Å²) in [6.45, 7) is 10.5. The molecule has 6 aromatic rings. The van der Waals surface area contributed by atoms with Crippen LogP contribution in [0.15, 0.2) is 65.2 Å². The van der Waals surface area contributed by atoms with Gasteiger partial charge in [-0.05, 0) is 142 Å². The first-order chi connectivity index (χ1) is 25.0. The zero-order chi connectivity index (χ0) is 34.5. The standard InChI is InChI=1S/C42H42N8O/c1-26-32(9-7-11-34(26)42-47-37-20-28(24-49-15-3-4-16-49)19-31(22-43)39(37)51-42)33-10-8-12-35(27(33)2)45-41-38-36(46-40(48-41)30-13-14-30)21-29(23-44-38)25-50-17-5-6-18-50/h7-12,19-21,23,30H,3-6,13-18,24-25H2,1-2H3,(H,45,46,48). The Morgan fingerprint density at radius 3 is 2.18 bits per heavy atom. The van der Waals surface area contributed by atoms with Crippen LogP contribution in [-0.4, -0.2) is 55.9 Å². The first kappa shape index (κ1) is 31.8. The quantitative estimate of drug-likeness (QED) is 0.161. The van der Waals surface area contributed by atoms with E-state index >= 15 is 0 Å². The van der Waals surface area contributed by atoms with Crippen molar-refractivity contribution >= 4 is 33.6 Å². The molecule has 9 heteroatoms. The molecule has 9 rings (SSSR count). The first-order valence-electron chi connectivity index (χ1n) is 18.4. The number of fused-ring (bicyclic) bond motifs is 2. The fourth-order valence-electron chi connectivity index (χ4n) is 7.90. The number of hydrogen-bond donors (Lipinski definition) is 1. The molecule has 5 heterocycles. The van der Waals surface area contributed by atoms with E-state index in [1.165, 1.54) is 31.2 Å². The molecule has 0 radical (unpaired) electrons. The topological polar surface area (TPSA) is 107 Å². The maximum absolute atomic E-state index is 10.0. The van der Waals surface area contributed by atoms with Gasteiger partial charge in [-0.2, -0.15) is 5.26 Å². The SMILES string of the molecule is Cc1c(Nc2nc(C3CC3)nc3cc(CN4CCCC4)cnc23)cccc1-c1cccc(-c2nc3cc(CN4CCCC4)cc(C#N)c3o2)c1C. The number of rotatable bonds is 9. The van der Waals surface area contributed by atoms with Gasteiger partial charge in [-0.1, -0.05) is 24.3 Å². The molecule has 256 valence electrons. The van der Waals surface area contributed by atoms with E-state index in [1.807, 2.05) is 18.3 Å². The lowest BCUT2D eigenvalue weighted by Gasteiger charge is -2.17. The van der Waals surface area contributed by atoms with Crippen molar-refractivity contribution in [2.75, 3.05) is 31.5 Å². The Hall–Kier alpha value is -5.17. The highest BCUT2D eigenvalue weighted by atomic mass is 16.3. The fourth-order valence-corrected chi connectivity index (χ4v) is 7.90. The van der Waals surface area contributed by atoms with E-state index in [1.54, 1.807) is 0 Å². The normalized spacial score (nSPS) is 16.7. The van der Waals surface area contributed by atoms with Gasteiger partial charge in [0.15, 0.2) is 11.4 Å². The lowest BCUT2D eigenvalue weighted by molar-refractivity contribution is 0.331. The number of nitrogens with one attached hydrogen (secondary N) is 1. The zero-order valence-electron chi connectivity index (χ0n) is 29.4. The minimum atomic E-state index is 0.419. The van der Waals surface area contributed by atoms with Crippen LogP contribution in [0, 0.1) is 25.2 Å². The van der Waals surface area contributed by atoms with Gasteiger partial charge in [-0.15, -0.1) is 0 Å². The molecule has 0 atom stereocenters. The molecule has 0 unspecified atom stereocenters. The van der Waals surface area contributed by atoms with Crippen LogP contribution in [0.1, 0.15) is 78.1 Å². The van der Waals surface area contributed by atoms with E-state index in [0.717, 1.165) is 119 Å². The molecule has 3 aromatic carbocycles. The number of hydrogen-bond acceptors (Lipinski definition) is 9. The molecular weight excluding hydrogens is 633 g/mol. The molecule has 1 aliphatic carbocycles. The van der Waals surface area contributed by atoms with Gasteiger partial charge in [0.25, 0.3) is 0 Å². The van der Waals surface area contributed by atoms with Crippen molar-refractivity contribution in [1.29, 1.82) is 5.26 Å². The smallest absolute Gasteiger partial charge is 0.227 e. The number of aromatic nitrogens is 4. The molecule has 2 aliphatic heterocycles. The predicted octanol–water partition coefficient (Wildman–Crippen LogP) is 8.80. The van der Waals surface area contributed by atoms with E-state index in [2.05, 4.69) is 77.5 Å². The van der Waals surface area contributed by atoms with Crippen molar-refractivity contribution in [1.82, 2.24) is 29.7 Å². The van der Waals surface area contributed by atoms with Crippen LogP contribution in [-0.2, 0) is 13.1 Å². The van der Waals surface area contributed by atoms with Crippen LogP contribution in [0.2, 0.25) is 0 Å². The van der Waals surface area contributed by atoms with Gasteiger partial charge in [0.2, 0.25) is 5.89 Å². The monoisotopic (exact) mass is 674 g/mol. The molecule has 2 saturated heterocycles. The largest absolute Gasteiger partial charge is 0.435 e. The van der Waals surface area contributed by atoms with Crippen molar-refractivity contribution < 1.29 is 4.42 Å². The fraction of sp³-hybridized carbons (Fsp3) is 0.357. The van der Waals surface area contributed by atoms with Crippen LogP contribution < -0.4 is 5.32 Å². The second kappa shape index (κ2) is 13.2.